The Bertz CT molecular complexity index is 930. The van der Waals surface area contributed by atoms with Crippen molar-refractivity contribution in [2.45, 2.75) is 40.0 Å². The average Bonchev–Trinajstić information content (AvgIpc) is 2.63. The van der Waals surface area contributed by atoms with Crippen molar-refractivity contribution < 1.29 is 4.74 Å². The quantitative estimate of drug-likeness (QED) is 0.555. The Morgan fingerprint density at radius 2 is 1.64 bits per heavy atom. The van der Waals surface area contributed by atoms with Crippen molar-refractivity contribution >= 4 is 23.1 Å². The molecule has 1 aromatic heterocycles. The fraction of sp³-hybridized carbons (Fsp3) is 0.304. The normalized spacial score (nSPS) is 11.2. The summed E-state index contributed by atoms with van der Waals surface area (Å²) in [6.07, 6.45) is 0. The fourth-order valence-electron chi connectivity index (χ4n) is 3.00. The van der Waals surface area contributed by atoms with E-state index >= 15 is 0 Å². The minimum Gasteiger partial charge on any atom is -0.494 e. The first-order valence-electron chi connectivity index (χ1n) is 9.57. The molecular weight excluding hydrogens is 348 g/mol. The number of benzene rings is 2. The van der Waals surface area contributed by atoms with Gasteiger partial charge in [-0.25, -0.2) is 4.98 Å². The number of nitrogens with one attached hydrogen (secondary N) is 2. The molecule has 0 atom stereocenters. The van der Waals surface area contributed by atoms with Crippen molar-refractivity contribution in [1.29, 1.82) is 0 Å². The topological polar surface area (TPSA) is 59.1 Å². The number of aryl methyl sites for hydroxylation is 1. The van der Waals surface area contributed by atoms with Gasteiger partial charge in [-0.1, -0.05) is 39.0 Å². The first kappa shape index (κ1) is 19.7. The van der Waals surface area contributed by atoms with Gasteiger partial charge in [0.05, 0.1) is 6.61 Å². The van der Waals surface area contributed by atoms with Crippen LogP contribution in [0.2, 0.25) is 0 Å². The number of aromatic nitrogens is 2. The molecule has 0 saturated heterocycles. The van der Waals surface area contributed by atoms with E-state index in [4.69, 9.17) is 4.74 Å². The van der Waals surface area contributed by atoms with Crippen molar-refractivity contribution in [3.05, 3.63) is 65.9 Å². The van der Waals surface area contributed by atoms with Crippen LogP contribution in [0.5, 0.6) is 5.75 Å². The Balaban J connectivity index is 1.82. The van der Waals surface area contributed by atoms with Crippen LogP contribution in [0.3, 0.4) is 0 Å². The predicted octanol–water partition coefficient (Wildman–Crippen LogP) is 5.97. The van der Waals surface area contributed by atoms with Gasteiger partial charge in [0.1, 0.15) is 11.6 Å². The van der Waals surface area contributed by atoms with E-state index < -0.39 is 0 Å². The largest absolute Gasteiger partial charge is 0.494 e. The van der Waals surface area contributed by atoms with Crippen LogP contribution in [0.15, 0.2) is 54.6 Å². The fourth-order valence-corrected chi connectivity index (χ4v) is 3.00. The summed E-state index contributed by atoms with van der Waals surface area (Å²) in [4.78, 5) is 9.15. The summed E-state index contributed by atoms with van der Waals surface area (Å²) < 4.78 is 5.49. The molecule has 0 aliphatic heterocycles. The lowest BCUT2D eigenvalue weighted by Crippen LogP contribution is -2.14. The summed E-state index contributed by atoms with van der Waals surface area (Å²) >= 11 is 0. The molecule has 1 heterocycles. The Morgan fingerprint density at radius 3 is 2.32 bits per heavy atom. The monoisotopic (exact) mass is 376 g/mol. The van der Waals surface area contributed by atoms with Crippen LogP contribution in [-0.4, -0.2) is 16.6 Å². The van der Waals surface area contributed by atoms with E-state index in [1.54, 1.807) is 0 Å². The van der Waals surface area contributed by atoms with Crippen molar-refractivity contribution in [3.63, 3.8) is 0 Å². The van der Waals surface area contributed by atoms with Gasteiger partial charge in [-0.15, -0.1) is 0 Å². The van der Waals surface area contributed by atoms with E-state index in [2.05, 4.69) is 59.6 Å². The molecule has 5 nitrogen and oxygen atoms in total. The smallest absolute Gasteiger partial charge is 0.229 e. The first-order chi connectivity index (χ1) is 13.3. The predicted molar refractivity (Wildman–Crippen MR) is 116 cm³/mol. The second kappa shape index (κ2) is 8.30. The van der Waals surface area contributed by atoms with E-state index in [1.807, 2.05) is 50.2 Å². The highest BCUT2D eigenvalue weighted by atomic mass is 16.5. The minimum atomic E-state index is 0.0368. The molecule has 0 amide bonds. The van der Waals surface area contributed by atoms with Gasteiger partial charge in [0.15, 0.2) is 0 Å². The van der Waals surface area contributed by atoms with Gasteiger partial charge in [0, 0.05) is 23.1 Å². The number of hydrogen-bond acceptors (Lipinski definition) is 5. The molecule has 0 radical (unpaired) electrons. The number of rotatable bonds is 6. The van der Waals surface area contributed by atoms with Crippen LogP contribution in [-0.2, 0) is 5.41 Å². The summed E-state index contributed by atoms with van der Waals surface area (Å²) in [7, 11) is 0. The number of hydrogen-bond donors (Lipinski definition) is 2. The maximum atomic E-state index is 5.49. The van der Waals surface area contributed by atoms with Gasteiger partial charge in [-0.05, 0) is 55.2 Å². The molecule has 5 heteroatoms. The Morgan fingerprint density at radius 1 is 0.929 bits per heavy atom. The Hall–Kier alpha value is -3.08. The highest BCUT2D eigenvalue weighted by Crippen LogP contribution is 2.31. The maximum Gasteiger partial charge on any atom is 0.229 e. The molecule has 0 fully saturated rings. The number of ether oxygens (including phenoxy) is 1. The lowest BCUT2D eigenvalue weighted by molar-refractivity contribution is 0.340. The molecule has 2 aromatic carbocycles. The van der Waals surface area contributed by atoms with Crippen LogP contribution in [0, 0.1) is 6.92 Å². The third-order valence-corrected chi connectivity index (χ3v) is 4.27. The van der Waals surface area contributed by atoms with Gasteiger partial charge >= 0.3 is 0 Å². The highest BCUT2D eigenvalue weighted by Gasteiger charge is 2.17. The van der Waals surface area contributed by atoms with Gasteiger partial charge in [-0.3, -0.25) is 0 Å². The molecule has 28 heavy (non-hydrogen) atoms. The summed E-state index contributed by atoms with van der Waals surface area (Å²) in [6.45, 7) is 11.2. The zero-order valence-electron chi connectivity index (χ0n) is 17.2. The SMILES string of the molecule is CCOc1ccc(Nc2nc(C)cc(Nc3ccccc3C(C)(C)C)n2)cc1. The average molecular weight is 377 g/mol. The van der Waals surface area contributed by atoms with Gasteiger partial charge in [-0.2, -0.15) is 4.98 Å². The number of para-hydroxylation sites is 1. The molecule has 3 rings (SSSR count). The maximum absolute atomic E-state index is 5.49. The van der Waals surface area contributed by atoms with E-state index in [-0.39, 0.29) is 5.41 Å². The molecule has 0 aliphatic rings. The van der Waals surface area contributed by atoms with Crippen molar-refractivity contribution in [3.8, 4) is 5.75 Å². The van der Waals surface area contributed by atoms with Crippen LogP contribution >= 0.6 is 0 Å². The number of nitrogens with zero attached hydrogens (tertiary/aromatic N) is 2. The summed E-state index contributed by atoms with van der Waals surface area (Å²) in [5.74, 6) is 2.16. The molecule has 2 N–H and O–H groups in total. The number of anilines is 4. The second-order valence-electron chi connectivity index (χ2n) is 7.72. The standard InChI is InChI=1S/C23H28N4O/c1-6-28-18-13-11-17(12-14-18)25-22-24-16(2)15-21(27-22)26-20-10-8-7-9-19(20)23(3,4)5/h7-15H,6H2,1-5H3,(H2,24,25,26,27). The van der Waals surface area contributed by atoms with Crippen LogP contribution in [0.4, 0.5) is 23.1 Å². The van der Waals surface area contributed by atoms with Crippen molar-refractivity contribution in [2.24, 2.45) is 0 Å². The Kier molecular flexibility index (Phi) is 5.83. The third-order valence-electron chi connectivity index (χ3n) is 4.27. The third kappa shape index (κ3) is 5.00. The molecule has 0 spiro atoms. The molecular formula is C23H28N4O. The van der Waals surface area contributed by atoms with Crippen LogP contribution in [0.1, 0.15) is 39.0 Å². The molecule has 146 valence electrons. The molecule has 0 unspecified atom stereocenters. The van der Waals surface area contributed by atoms with Gasteiger partial charge < -0.3 is 15.4 Å². The zero-order chi connectivity index (χ0) is 20.1. The van der Waals surface area contributed by atoms with Gasteiger partial charge in [0.25, 0.3) is 0 Å². The molecule has 0 aliphatic carbocycles. The molecule has 3 aromatic rings. The zero-order valence-corrected chi connectivity index (χ0v) is 17.2. The van der Waals surface area contributed by atoms with Crippen molar-refractivity contribution in [1.82, 2.24) is 9.97 Å². The van der Waals surface area contributed by atoms with Gasteiger partial charge in [0.2, 0.25) is 5.95 Å². The van der Waals surface area contributed by atoms with E-state index in [1.165, 1.54) is 5.56 Å². The van der Waals surface area contributed by atoms with Crippen LogP contribution < -0.4 is 15.4 Å². The minimum absolute atomic E-state index is 0.0368. The molecule has 0 bridgehead atoms. The summed E-state index contributed by atoms with van der Waals surface area (Å²) in [5, 5.41) is 6.73. The highest BCUT2D eigenvalue weighted by molar-refractivity contribution is 5.64. The summed E-state index contributed by atoms with van der Waals surface area (Å²) in [5.41, 5.74) is 4.14. The summed E-state index contributed by atoms with van der Waals surface area (Å²) in [6, 6.07) is 18.1. The molecule has 0 saturated carbocycles. The lowest BCUT2D eigenvalue weighted by Gasteiger charge is -2.23. The van der Waals surface area contributed by atoms with E-state index in [9.17, 15) is 0 Å². The van der Waals surface area contributed by atoms with Crippen LogP contribution in [0.25, 0.3) is 0 Å². The van der Waals surface area contributed by atoms with E-state index in [0.717, 1.165) is 28.6 Å². The first-order valence-corrected chi connectivity index (χ1v) is 9.57. The van der Waals surface area contributed by atoms with E-state index in [0.29, 0.717) is 12.6 Å². The lowest BCUT2D eigenvalue weighted by atomic mass is 9.86. The Labute approximate surface area is 167 Å². The van der Waals surface area contributed by atoms with Crippen molar-refractivity contribution in [2.75, 3.05) is 17.2 Å². The second-order valence-corrected chi connectivity index (χ2v) is 7.72.